The molecule has 1 saturated carbocycles. The van der Waals surface area contributed by atoms with Crippen LogP contribution in [0.25, 0.3) is 0 Å². The summed E-state index contributed by atoms with van der Waals surface area (Å²) in [6.45, 7) is 10.8. The first kappa shape index (κ1) is 15.7. The first-order chi connectivity index (χ1) is 8.65. The van der Waals surface area contributed by atoms with Gasteiger partial charge in [0.1, 0.15) is 0 Å². The second-order valence-electron chi connectivity index (χ2n) is 5.90. The fraction of sp³-hybridized carbons (Fsp3) is 0.867. The van der Waals surface area contributed by atoms with E-state index in [4.69, 9.17) is 10.5 Å². The van der Waals surface area contributed by atoms with Crippen LogP contribution in [0, 0.1) is 11.3 Å². The van der Waals surface area contributed by atoms with Gasteiger partial charge in [0.25, 0.3) is 0 Å². The van der Waals surface area contributed by atoms with Crippen LogP contribution in [0.3, 0.4) is 0 Å². The molecule has 1 aliphatic carbocycles. The summed E-state index contributed by atoms with van der Waals surface area (Å²) >= 11 is 0. The zero-order valence-corrected chi connectivity index (χ0v) is 12.2. The highest BCUT2D eigenvalue weighted by Gasteiger charge is 2.34. The van der Waals surface area contributed by atoms with Crippen molar-refractivity contribution in [2.75, 3.05) is 39.9 Å². The molecule has 0 atom stereocenters. The van der Waals surface area contributed by atoms with Gasteiger partial charge in [-0.25, -0.2) is 0 Å². The van der Waals surface area contributed by atoms with E-state index >= 15 is 0 Å². The van der Waals surface area contributed by atoms with E-state index in [1.807, 2.05) is 6.08 Å². The van der Waals surface area contributed by atoms with Crippen LogP contribution in [-0.2, 0) is 4.74 Å². The molecule has 1 aliphatic rings. The van der Waals surface area contributed by atoms with Gasteiger partial charge in [-0.3, -0.25) is 4.90 Å². The number of hydrogen-bond donors (Lipinski definition) is 1. The summed E-state index contributed by atoms with van der Waals surface area (Å²) in [6, 6.07) is 0. The molecule has 0 spiro atoms. The molecule has 3 heteroatoms. The number of methoxy groups -OCH3 is 1. The second-order valence-corrected chi connectivity index (χ2v) is 5.90. The Balaban J connectivity index is 2.54. The monoisotopic (exact) mass is 254 g/mol. The van der Waals surface area contributed by atoms with Crippen LogP contribution in [0.15, 0.2) is 12.7 Å². The molecular weight excluding hydrogens is 224 g/mol. The summed E-state index contributed by atoms with van der Waals surface area (Å²) in [4.78, 5) is 2.43. The third-order valence-electron chi connectivity index (χ3n) is 4.33. The van der Waals surface area contributed by atoms with Crippen molar-refractivity contribution in [3.05, 3.63) is 12.7 Å². The second kappa shape index (κ2) is 7.93. The Hall–Kier alpha value is -0.380. The van der Waals surface area contributed by atoms with Gasteiger partial charge in [-0.05, 0) is 30.7 Å². The maximum Gasteiger partial charge on any atom is 0.0589 e. The standard InChI is InChI=1S/C15H30N2O/c1-4-9-17(10-11-18-3)13-15(12-16)7-5-14(2)6-8-15/h4,14H,1,5-13,16H2,2-3H3. The Morgan fingerprint density at radius 1 is 1.44 bits per heavy atom. The van der Waals surface area contributed by atoms with E-state index in [9.17, 15) is 0 Å². The van der Waals surface area contributed by atoms with Crippen molar-refractivity contribution in [1.29, 1.82) is 0 Å². The number of nitrogens with two attached hydrogens (primary N) is 1. The van der Waals surface area contributed by atoms with Crippen LogP contribution in [0.5, 0.6) is 0 Å². The SMILES string of the molecule is C=CCN(CCOC)CC1(CN)CCC(C)CC1. The fourth-order valence-corrected chi connectivity index (χ4v) is 2.91. The highest BCUT2D eigenvalue weighted by Crippen LogP contribution is 2.38. The van der Waals surface area contributed by atoms with Crippen LogP contribution in [0.1, 0.15) is 32.6 Å². The number of ether oxygens (including phenoxy) is 1. The largest absolute Gasteiger partial charge is 0.383 e. The molecule has 18 heavy (non-hydrogen) atoms. The van der Waals surface area contributed by atoms with Crippen molar-refractivity contribution in [2.45, 2.75) is 32.6 Å². The molecule has 0 aromatic rings. The normalized spacial score (nSPS) is 28.6. The Morgan fingerprint density at radius 3 is 2.61 bits per heavy atom. The predicted octanol–water partition coefficient (Wildman–Crippen LogP) is 2.28. The van der Waals surface area contributed by atoms with E-state index in [0.29, 0.717) is 5.41 Å². The number of rotatable bonds is 8. The topological polar surface area (TPSA) is 38.5 Å². The summed E-state index contributed by atoms with van der Waals surface area (Å²) in [5.41, 5.74) is 6.40. The van der Waals surface area contributed by atoms with Crippen LogP contribution >= 0.6 is 0 Å². The van der Waals surface area contributed by atoms with Gasteiger partial charge >= 0.3 is 0 Å². The Kier molecular flexibility index (Phi) is 6.90. The average molecular weight is 254 g/mol. The summed E-state index contributed by atoms with van der Waals surface area (Å²) < 4.78 is 5.18. The molecule has 0 bridgehead atoms. The van der Waals surface area contributed by atoms with E-state index in [1.54, 1.807) is 7.11 Å². The summed E-state index contributed by atoms with van der Waals surface area (Å²) in [6.07, 6.45) is 7.16. The van der Waals surface area contributed by atoms with Gasteiger partial charge in [-0.1, -0.05) is 25.8 Å². The lowest BCUT2D eigenvalue weighted by Crippen LogP contribution is -2.45. The molecule has 0 amide bonds. The van der Waals surface area contributed by atoms with Crippen molar-refractivity contribution in [1.82, 2.24) is 4.90 Å². The maximum absolute atomic E-state index is 6.07. The van der Waals surface area contributed by atoms with Gasteiger partial charge in [0.15, 0.2) is 0 Å². The third kappa shape index (κ3) is 4.71. The molecule has 0 saturated heterocycles. The maximum atomic E-state index is 6.07. The summed E-state index contributed by atoms with van der Waals surface area (Å²) in [5, 5.41) is 0. The van der Waals surface area contributed by atoms with E-state index in [-0.39, 0.29) is 0 Å². The van der Waals surface area contributed by atoms with Gasteiger partial charge in [0, 0.05) is 26.7 Å². The molecule has 2 N–H and O–H groups in total. The molecule has 0 unspecified atom stereocenters. The van der Waals surface area contributed by atoms with Gasteiger partial charge in [-0.2, -0.15) is 0 Å². The van der Waals surface area contributed by atoms with E-state index < -0.39 is 0 Å². The molecule has 0 radical (unpaired) electrons. The number of nitrogens with zero attached hydrogens (tertiary/aromatic N) is 1. The quantitative estimate of drug-likeness (QED) is 0.675. The predicted molar refractivity (Wildman–Crippen MR) is 77.6 cm³/mol. The van der Waals surface area contributed by atoms with E-state index in [2.05, 4.69) is 18.4 Å². The van der Waals surface area contributed by atoms with Crippen molar-refractivity contribution >= 4 is 0 Å². The van der Waals surface area contributed by atoms with Gasteiger partial charge in [-0.15, -0.1) is 6.58 Å². The molecule has 0 aliphatic heterocycles. The van der Waals surface area contributed by atoms with Crippen molar-refractivity contribution in [3.8, 4) is 0 Å². The van der Waals surface area contributed by atoms with E-state index in [1.165, 1.54) is 25.7 Å². The summed E-state index contributed by atoms with van der Waals surface area (Å²) in [7, 11) is 1.76. The minimum Gasteiger partial charge on any atom is -0.383 e. The highest BCUT2D eigenvalue weighted by molar-refractivity contribution is 4.89. The van der Waals surface area contributed by atoms with Crippen molar-refractivity contribution < 1.29 is 4.74 Å². The fourth-order valence-electron chi connectivity index (χ4n) is 2.91. The summed E-state index contributed by atoms with van der Waals surface area (Å²) in [5.74, 6) is 0.872. The van der Waals surface area contributed by atoms with Crippen molar-refractivity contribution in [3.63, 3.8) is 0 Å². The molecule has 3 nitrogen and oxygen atoms in total. The van der Waals surface area contributed by atoms with Crippen molar-refractivity contribution in [2.24, 2.45) is 17.1 Å². The molecule has 1 rings (SSSR count). The Bertz CT molecular complexity index is 235. The minimum atomic E-state index is 0.323. The molecule has 0 aromatic carbocycles. The average Bonchev–Trinajstić information content (AvgIpc) is 2.39. The lowest BCUT2D eigenvalue weighted by atomic mass is 9.70. The van der Waals surface area contributed by atoms with Crippen LogP contribution < -0.4 is 5.73 Å². The molecule has 1 fully saturated rings. The molecule has 106 valence electrons. The zero-order chi connectivity index (χ0) is 13.4. The molecule has 0 heterocycles. The van der Waals surface area contributed by atoms with Gasteiger partial charge < -0.3 is 10.5 Å². The number of hydrogen-bond acceptors (Lipinski definition) is 3. The van der Waals surface area contributed by atoms with Crippen LogP contribution in [0.2, 0.25) is 0 Å². The van der Waals surface area contributed by atoms with Crippen LogP contribution in [-0.4, -0.2) is 44.8 Å². The molecule has 0 aromatic heterocycles. The lowest BCUT2D eigenvalue weighted by Gasteiger charge is -2.42. The third-order valence-corrected chi connectivity index (χ3v) is 4.33. The Labute approximate surface area is 112 Å². The van der Waals surface area contributed by atoms with E-state index in [0.717, 1.165) is 38.7 Å². The zero-order valence-electron chi connectivity index (χ0n) is 12.2. The smallest absolute Gasteiger partial charge is 0.0589 e. The Morgan fingerprint density at radius 2 is 2.11 bits per heavy atom. The first-order valence-electron chi connectivity index (χ1n) is 7.18. The molecular formula is C15H30N2O. The lowest BCUT2D eigenvalue weighted by molar-refractivity contribution is 0.0808. The van der Waals surface area contributed by atoms with Gasteiger partial charge in [0.05, 0.1) is 6.61 Å². The highest BCUT2D eigenvalue weighted by atomic mass is 16.5. The first-order valence-corrected chi connectivity index (χ1v) is 7.18. The minimum absolute atomic E-state index is 0.323. The van der Waals surface area contributed by atoms with Crippen LogP contribution in [0.4, 0.5) is 0 Å². The van der Waals surface area contributed by atoms with Gasteiger partial charge in [0.2, 0.25) is 0 Å².